The van der Waals surface area contributed by atoms with Crippen molar-refractivity contribution in [2.75, 3.05) is 32.9 Å². The van der Waals surface area contributed by atoms with Crippen LogP contribution in [0.3, 0.4) is 0 Å². The van der Waals surface area contributed by atoms with E-state index in [2.05, 4.69) is 20.6 Å². The second-order valence-corrected chi connectivity index (χ2v) is 8.86. The van der Waals surface area contributed by atoms with Gasteiger partial charge < -0.3 is 24.1 Å². The Morgan fingerprint density at radius 1 is 1.17 bits per heavy atom. The summed E-state index contributed by atoms with van der Waals surface area (Å²) in [7, 11) is 0. The number of hydrogen-bond donors (Lipinski definition) is 2. The van der Waals surface area contributed by atoms with E-state index in [-0.39, 0.29) is 24.4 Å². The molecule has 196 valence electrons. The van der Waals surface area contributed by atoms with Crippen molar-refractivity contribution in [3.63, 3.8) is 0 Å². The van der Waals surface area contributed by atoms with E-state index in [1.165, 1.54) is 0 Å². The first kappa shape index (κ1) is 27.1. The third-order valence-corrected chi connectivity index (χ3v) is 5.62. The molecule has 0 radical (unpaired) electrons. The van der Waals surface area contributed by atoms with Crippen molar-refractivity contribution in [1.29, 1.82) is 0 Å². The summed E-state index contributed by atoms with van der Waals surface area (Å²) in [6.45, 7) is 9.63. The molecule has 11 heteroatoms. The fraction of sp³-hybridized carbons (Fsp3) is 0.560. The van der Waals surface area contributed by atoms with Gasteiger partial charge in [0, 0.05) is 13.1 Å². The quantitative estimate of drug-likeness (QED) is 0.304. The van der Waals surface area contributed by atoms with Crippen molar-refractivity contribution in [3.05, 3.63) is 30.2 Å². The predicted molar refractivity (Wildman–Crippen MR) is 134 cm³/mol. The highest BCUT2D eigenvalue weighted by Gasteiger charge is 2.30. The number of hydrogen-bond acceptors (Lipinski definition) is 8. The van der Waals surface area contributed by atoms with Crippen LogP contribution in [-0.4, -0.2) is 78.6 Å². The van der Waals surface area contributed by atoms with E-state index in [0.29, 0.717) is 50.2 Å². The van der Waals surface area contributed by atoms with Crippen LogP contribution in [0.15, 0.2) is 33.7 Å². The van der Waals surface area contributed by atoms with Gasteiger partial charge in [0.25, 0.3) is 5.89 Å². The molecule has 3 rings (SSSR count). The number of ketones is 1. The molecule has 0 saturated carbocycles. The molecular formula is C25H35N5O6. The van der Waals surface area contributed by atoms with Crippen molar-refractivity contribution < 1.29 is 28.3 Å². The lowest BCUT2D eigenvalue weighted by Crippen LogP contribution is -2.51. The topological polar surface area (TPSA) is 135 Å². The van der Waals surface area contributed by atoms with Crippen molar-refractivity contribution in [2.24, 2.45) is 10.9 Å². The van der Waals surface area contributed by atoms with Crippen LogP contribution in [-0.2, 0) is 14.3 Å². The molecular weight excluding hydrogens is 466 g/mol. The molecule has 2 amide bonds. The van der Waals surface area contributed by atoms with Crippen LogP contribution in [0, 0.1) is 5.92 Å². The van der Waals surface area contributed by atoms with Gasteiger partial charge in [-0.15, -0.1) is 0 Å². The highest BCUT2D eigenvalue weighted by molar-refractivity contribution is 6.01. The number of ether oxygens (including phenoxy) is 2. The number of aliphatic imine (C=N–C) groups is 1. The molecule has 1 saturated heterocycles. The first-order valence-electron chi connectivity index (χ1n) is 12.4. The first-order chi connectivity index (χ1) is 17.3. The average Bonchev–Trinajstić information content (AvgIpc) is 3.30. The number of oxazole rings is 1. The van der Waals surface area contributed by atoms with Gasteiger partial charge >= 0.3 is 6.09 Å². The number of Topliss-reactive ketones (excluding diaryl/α,β-unsaturated/α-hetero) is 1. The Labute approximate surface area is 210 Å². The number of alkyl carbamates (subject to hydrolysis) is 1. The Balaban J connectivity index is 1.82. The minimum Gasteiger partial charge on any atom is -0.450 e. The molecule has 36 heavy (non-hydrogen) atoms. The third kappa shape index (κ3) is 7.27. The number of carbonyl (C=O) groups is 3. The monoisotopic (exact) mass is 501 g/mol. The molecule has 2 aromatic rings. The van der Waals surface area contributed by atoms with Crippen LogP contribution in [0.5, 0.6) is 0 Å². The number of benzene rings is 1. The summed E-state index contributed by atoms with van der Waals surface area (Å²) in [6, 6.07) is 5.42. The van der Waals surface area contributed by atoms with E-state index in [1.54, 1.807) is 32.0 Å². The maximum atomic E-state index is 13.4. The maximum Gasteiger partial charge on any atom is 0.413 e. The SMILES string of the molecule is CCOC(=O)NC(=NC(CC(C)C)C(=O)NC(CC)C(=O)c1nc2ccccc2o1)N1CCOCC1. The van der Waals surface area contributed by atoms with Gasteiger partial charge in [-0.25, -0.2) is 14.8 Å². The number of aromatic nitrogens is 1. The number of morpholine rings is 1. The molecule has 2 heterocycles. The van der Waals surface area contributed by atoms with E-state index < -0.39 is 29.9 Å². The van der Waals surface area contributed by atoms with E-state index in [4.69, 9.17) is 13.9 Å². The zero-order chi connectivity index (χ0) is 26.1. The molecule has 1 aliphatic heterocycles. The number of guanidine groups is 1. The van der Waals surface area contributed by atoms with Gasteiger partial charge in [0.2, 0.25) is 17.6 Å². The van der Waals surface area contributed by atoms with E-state index in [9.17, 15) is 14.4 Å². The molecule has 0 bridgehead atoms. The van der Waals surface area contributed by atoms with E-state index >= 15 is 0 Å². The van der Waals surface area contributed by atoms with Gasteiger partial charge in [0.05, 0.1) is 25.9 Å². The van der Waals surface area contributed by atoms with Crippen molar-refractivity contribution in [1.82, 2.24) is 20.5 Å². The summed E-state index contributed by atoms with van der Waals surface area (Å²) in [5.74, 6) is -0.504. The van der Waals surface area contributed by atoms with Crippen molar-refractivity contribution in [3.8, 4) is 0 Å². The Morgan fingerprint density at radius 3 is 2.53 bits per heavy atom. The number of nitrogens with zero attached hydrogens (tertiary/aromatic N) is 3. The smallest absolute Gasteiger partial charge is 0.413 e. The van der Waals surface area contributed by atoms with Crippen LogP contribution >= 0.6 is 0 Å². The summed E-state index contributed by atoms with van der Waals surface area (Å²) in [4.78, 5) is 49.4. The minimum absolute atomic E-state index is 0.0507. The van der Waals surface area contributed by atoms with Crippen LogP contribution in [0.1, 0.15) is 51.2 Å². The second kappa shape index (κ2) is 13.0. The molecule has 2 unspecified atom stereocenters. The second-order valence-electron chi connectivity index (χ2n) is 8.86. The molecule has 0 spiro atoms. The lowest BCUT2D eigenvalue weighted by molar-refractivity contribution is -0.123. The van der Waals surface area contributed by atoms with Crippen molar-refractivity contribution in [2.45, 2.75) is 52.6 Å². The number of amides is 2. The lowest BCUT2D eigenvalue weighted by Gasteiger charge is -2.30. The summed E-state index contributed by atoms with van der Waals surface area (Å²) in [5, 5.41) is 5.48. The van der Waals surface area contributed by atoms with Crippen LogP contribution in [0.25, 0.3) is 11.1 Å². The number of fused-ring (bicyclic) bond motifs is 1. The highest BCUT2D eigenvalue weighted by atomic mass is 16.5. The standard InChI is InChI=1S/C25H35N5O6/c1-5-17(21(31)23-27-18-9-7-8-10-20(18)36-23)26-22(32)19(15-16(3)4)28-24(29-25(33)35-6-2)30-11-13-34-14-12-30/h7-10,16-17,19H,5-6,11-15H2,1-4H3,(H,26,32)(H,28,29,33). The summed E-state index contributed by atoms with van der Waals surface area (Å²) in [6.07, 6.45) is 0.111. The third-order valence-electron chi connectivity index (χ3n) is 5.62. The van der Waals surface area contributed by atoms with Gasteiger partial charge in [-0.3, -0.25) is 14.9 Å². The first-order valence-corrected chi connectivity index (χ1v) is 12.4. The highest BCUT2D eigenvalue weighted by Crippen LogP contribution is 2.17. The van der Waals surface area contributed by atoms with Gasteiger partial charge in [0.1, 0.15) is 11.6 Å². The van der Waals surface area contributed by atoms with Gasteiger partial charge in [-0.1, -0.05) is 32.9 Å². The van der Waals surface area contributed by atoms with Gasteiger partial charge in [0.15, 0.2) is 5.58 Å². The molecule has 1 aromatic carbocycles. The molecule has 0 aliphatic carbocycles. The van der Waals surface area contributed by atoms with Crippen LogP contribution < -0.4 is 10.6 Å². The van der Waals surface area contributed by atoms with E-state index in [0.717, 1.165) is 0 Å². The number of rotatable bonds is 9. The molecule has 2 N–H and O–H groups in total. The van der Waals surface area contributed by atoms with Crippen molar-refractivity contribution >= 4 is 34.8 Å². The number of carbonyl (C=O) groups excluding carboxylic acids is 3. The largest absolute Gasteiger partial charge is 0.450 e. The summed E-state index contributed by atoms with van der Waals surface area (Å²) in [5.41, 5.74) is 1.08. The molecule has 1 fully saturated rings. The lowest BCUT2D eigenvalue weighted by atomic mass is 10.0. The maximum absolute atomic E-state index is 13.4. The summed E-state index contributed by atoms with van der Waals surface area (Å²) < 4.78 is 16.0. The van der Waals surface area contributed by atoms with Crippen LogP contribution in [0.4, 0.5) is 4.79 Å². The minimum atomic E-state index is -0.838. The number of nitrogens with one attached hydrogen (secondary N) is 2. The normalized spacial score (nSPS) is 16.0. The van der Waals surface area contributed by atoms with Gasteiger partial charge in [-0.2, -0.15) is 0 Å². The molecule has 11 nitrogen and oxygen atoms in total. The average molecular weight is 502 g/mol. The molecule has 1 aliphatic rings. The zero-order valence-electron chi connectivity index (χ0n) is 21.3. The predicted octanol–water partition coefficient (Wildman–Crippen LogP) is 2.75. The Morgan fingerprint density at radius 2 is 1.89 bits per heavy atom. The Kier molecular flexibility index (Phi) is 9.80. The molecule has 1 aromatic heterocycles. The van der Waals surface area contributed by atoms with Crippen LogP contribution in [0.2, 0.25) is 0 Å². The fourth-order valence-electron chi connectivity index (χ4n) is 3.79. The Bertz CT molecular complexity index is 1040. The Hall–Kier alpha value is -3.47. The fourth-order valence-corrected chi connectivity index (χ4v) is 3.79. The van der Waals surface area contributed by atoms with E-state index in [1.807, 2.05) is 24.8 Å². The molecule has 2 atom stereocenters. The van der Waals surface area contributed by atoms with Gasteiger partial charge in [-0.05, 0) is 37.8 Å². The number of para-hydroxylation sites is 2. The summed E-state index contributed by atoms with van der Waals surface area (Å²) >= 11 is 0. The zero-order valence-corrected chi connectivity index (χ0v) is 21.3.